The van der Waals surface area contributed by atoms with Crippen molar-refractivity contribution in [3.8, 4) is 33.8 Å². The quantitative estimate of drug-likeness (QED) is 0.172. The standard InChI is InChI=1S/C46H27NOS2/c1-5-17-32-28(13-1)29-14-2-6-18-33(29)45(32)36-25-26-49-43(36)46(34-19-7-3-15-30(34)31-16-4-8-20-35(31)46)37-27-42(50-44(37)45)47-38-21-9-11-23-40(38)48-41-24-12-10-22-39(41)47/h1-27H. The summed E-state index contributed by atoms with van der Waals surface area (Å²) < 4.78 is 6.51. The van der Waals surface area contributed by atoms with Crippen LogP contribution in [0.25, 0.3) is 22.3 Å². The predicted molar refractivity (Wildman–Crippen MR) is 205 cm³/mol. The monoisotopic (exact) mass is 673 g/mol. The lowest BCUT2D eigenvalue weighted by atomic mass is 9.58. The summed E-state index contributed by atoms with van der Waals surface area (Å²) in [5.74, 6) is 1.74. The van der Waals surface area contributed by atoms with E-state index in [-0.39, 0.29) is 0 Å². The fraction of sp³-hybridized carbons (Fsp3) is 0.0435. The van der Waals surface area contributed by atoms with E-state index in [1.165, 1.54) is 70.4 Å². The summed E-state index contributed by atoms with van der Waals surface area (Å²) in [7, 11) is 0. The number of anilines is 3. The average Bonchev–Trinajstić information content (AvgIpc) is 3.96. The summed E-state index contributed by atoms with van der Waals surface area (Å²) in [4.78, 5) is 5.25. The first kappa shape index (κ1) is 27.2. The molecular formula is C46H27NOS2. The van der Waals surface area contributed by atoms with Gasteiger partial charge in [-0.05, 0) is 97.4 Å². The van der Waals surface area contributed by atoms with Crippen molar-refractivity contribution in [2.45, 2.75) is 10.8 Å². The summed E-state index contributed by atoms with van der Waals surface area (Å²) in [5.41, 5.74) is 14.8. The Kier molecular flexibility index (Phi) is 5.17. The van der Waals surface area contributed by atoms with E-state index in [1.54, 1.807) is 0 Å². The lowest BCUT2D eigenvalue weighted by Gasteiger charge is -2.45. The van der Waals surface area contributed by atoms with E-state index in [4.69, 9.17) is 4.74 Å². The van der Waals surface area contributed by atoms with E-state index in [9.17, 15) is 0 Å². The van der Waals surface area contributed by atoms with Crippen molar-refractivity contribution in [1.82, 2.24) is 0 Å². The molecule has 0 fully saturated rings. The van der Waals surface area contributed by atoms with Crippen LogP contribution in [0.2, 0.25) is 0 Å². The van der Waals surface area contributed by atoms with Gasteiger partial charge in [0, 0.05) is 9.75 Å². The summed E-state index contributed by atoms with van der Waals surface area (Å²) >= 11 is 3.86. The van der Waals surface area contributed by atoms with Crippen molar-refractivity contribution in [1.29, 1.82) is 0 Å². The molecule has 6 aromatic carbocycles. The molecule has 50 heavy (non-hydrogen) atoms. The fourth-order valence-electron chi connectivity index (χ4n) is 9.67. The van der Waals surface area contributed by atoms with Gasteiger partial charge in [0.1, 0.15) is 5.00 Å². The molecule has 3 aliphatic carbocycles. The van der Waals surface area contributed by atoms with Crippen LogP contribution in [0.4, 0.5) is 16.4 Å². The maximum atomic E-state index is 6.51. The van der Waals surface area contributed by atoms with Crippen LogP contribution >= 0.6 is 22.7 Å². The average molecular weight is 674 g/mol. The number of para-hydroxylation sites is 4. The molecule has 0 saturated carbocycles. The number of thiophene rings is 2. The third kappa shape index (κ3) is 3.03. The first-order valence-electron chi connectivity index (χ1n) is 17.1. The molecule has 0 bridgehead atoms. The lowest BCUT2D eigenvalue weighted by Crippen LogP contribution is -2.41. The minimum Gasteiger partial charge on any atom is -0.453 e. The molecule has 12 rings (SSSR count). The molecule has 2 spiro atoms. The van der Waals surface area contributed by atoms with Crippen LogP contribution in [-0.2, 0) is 10.8 Å². The van der Waals surface area contributed by atoms with Crippen LogP contribution in [0.15, 0.2) is 163 Å². The molecule has 0 atom stereocenters. The van der Waals surface area contributed by atoms with Gasteiger partial charge < -0.3 is 4.74 Å². The molecule has 0 saturated heterocycles. The van der Waals surface area contributed by atoms with Gasteiger partial charge in [0.25, 0.3) is 0 Å². The lowest BCUT2D eigenvalue weighted by molar-refractivity contribution is 0.477. The van der Waals surface area contributed by atoms with Gasteiger partial charge in [-0.3, -0.25) is 4.90 Å². The summed E-state index contributed by atoms with van der Waals surface area (Å²) in [6.45, 7) is 0. The van der Waals surface area contributed by atoms with E-state index in [0.29, 0.717) is 0 Å². The second-order valence-corrected chi connectivity index (χ2v) is 15.5. The molecule has 8 aromatic rings. The Balaban J connectivity index is 1.27. The number of hydrogen-bond donors (Lipinski definition) is 0. The zero-order valence-corrected chi connectivity index (χ0v) is 28.4. The molecule has 4 heteroatoms. The Morgan fingerprint density at radius 3 is 1.38 bits per heavy atom. The van der Waals surface area contributed by atoms with Crippen LogP contribution in [0.1, 0.15) is 43.1 Å². The van der Waals surface area contributed by atoms with E-state index in [0.717, 1.165) is 22.9 Å². The zero-order valence-electron chi connectivity index (χ0n) is 26.8. The number of hydrogen-bond acceptors (Lipinski definition) is 4. The van der Waals surface area contributed by atoms with E-state index < -0.39 is 10.8 Å². The fourth-order valence-corrected chi connectivity index (χ4v) is 12.3. The van der Waals surface area contributed by atoms with Gasteiger partial charge in [0.15, 0.2) is 11.5 Å². The van der Waals surface area contributed by atoms with Crippen molar-refractivity contribution >= 4 is 39.0 Å². The van der Waals surface area contributed by atoms with E-state index in [1.807, 2.05) is 22.7 Å². The van der Waals surface area contributed by atoms with Crippen LogP contribution in [0.5, 0.6) is 11.5 Å². The molecule has 0 radical (unpaired) electrons. The number of benzene rings is 6. The first-order chi connectivity index (χ1) is 24.8. The molecular weight excluding hydrogens is 647 g/mol. The Labute approximate surface area is 298 Å². The third-order valence-electron chi connectivity index (χ3n) is 11.4. The predicted octanol–water partition coefficient (Wildman–Crippen LogP) is 12.4. The highest BCUT2D eigenvalue weighted by Gasteiger charge is 2.61. The highest BCUT2D eigenvalue weighted by Crippen LogP contribution is 2.70. The Morgan fingerprint density at radius 2 is 0.860 bits per heavy atom. The molecule has 234 valence electrons. The Hall–Kier alpha value is -5.68. The molecule has 2 aromatic heterocycles. The smallest absolute Gasteiger partial charge is 0.151 e. The largest absolute Gasteiger partial charge is 0.453 e. The van der Waals surface area contributed by atoms with Crippen molar-refractivity contribution in [3.63, 3.8) is 0 Å². The summed E-state index contributed by atoms with van der Waals surface area (Å²) in [6, 6.07) is 58.4. The van der Waals surface area contributed by atoms with Gasteiger partial charge in [-0.1, -0.05) is 121 Å². The topological polar surface area (TPSA) is 12.5 Å². The van der Waals surface area contributed by atoms with Crippen molar-refractivity contribution in [2.24, 2.45) is 0 Å². The minimum atomic E-state index is -0.455. The maximum Gasteiger partial charge on any atom is 0.151 e. The maximum absolute atomic E-state index is 6.51. The van der Waals surface area contributed by atoms with Crippen LogP contribution in [0.3, 0.4) is 0 Å². The summed E-state index contributed by atoms with van der Waals surface area (Å²) in [6.07, 6.45) is 0. The third-order valence-corrected chi connectivity index (χ3v) is 13.7. The molecule has 2 nitrogen and oxygen atoms in total. The Bertz CT molecular complexity index is 2460. The Morgan fingerprint density at radius 1 is 0.420 bits per heavy atom. The minimum absolute atomic E-state index is 0.455. The van der Waals surface area contributed by atoms with Gasteiger partial charge in [-0.25, -0.2) is 0 Å². The molecule has 1 aliphatic heterocycles. The second kappa shape index (κ2) is 9.51. The van der Waals surface area contributed by atoms with Gasteiger partial charge in [0.05, 0.1) is 22.2 Å². The van der Waals surface area contributed by atoms with Crippen molar-refractivity contribution < 1.29 is 4.74 Å². The highest BCUT2D eigenvalue weighted by atomic mass is 32.1. The van der Waals surface area contributed by atoms with Crippen LogP contribution in [0, 0.1) is 0 Å². The molecule has 3 heterocycles. The van der Waals surface area contributed by atoms with E-state index >= 15 is 0 Å². The number of ether oxygens (including phenoxy) is 1. The van der Waals surface area contributed by atoms with Gasteiger partial charge in [-0.2, -0.15) is 0 Å². The van der Waals surface area contributed by atoms with Gasteiger partial charge in [-0.15, -0.1) is 22.7 Å². The van der Waals surface area contributed by atoms with Gasteiger partial charge >= 0.3 is 0 Å². The summed E-state index contributed by atoms with van der Waals surface area (Å²) in [5, 5.41) is 3.53. The van der Waals surface area contributed by atoms with Crippen LogP contribution < -0.4 is 9.64 Å². The molecule has 0 amide bonds. The normalized spacial score (nSPS) is 15.6. The van der Waals surface area contributed by atoms with Crippen LogP contribution in [-0.4, -0.2) is 0 Å². The van der Waals surface area contributed by atoms with E-state index in [2.05, 4.69) is 168 Å². The zero-order chi connectivity index (χ0) is 32.6. The molecule has 0 N–H and O–H groups in total. The molecule has 4 aliphatic rings. The first-order valence-corrected chi connectivity index (χ1v) is 18.8. The SMILES string of the molecule is c1ccc2c(c1)Oc1ccccc1N2c1cc2c(s1)C1(c3ccccc3-c3ccccc31)c1ccsc1C21c2ccccc2-c2ccccc21. The second-order valence-electron chi connectivity index (χ2n) is 13.5. The van der Waals surface area contributed by atoms with Crippen molar-refractivity contribution in [3.05, 3.63) is 206 Å². The number of fused-ring (bicyclic) bond motifs is 18. The number of nitrogens with zero attached hydrogens (tertiary/aromatic N) is 1. The number of rotatable bonds is 1. The van der Waals surface area contributed by atoms with Gasteiger partial charge in [0.2, 0.25) is 0 Å². The van der Waals surface area contributed by atoms with Crippen molar-refractivity contribution in [2.75, 3.05) is 4.90 Å². The highest BCUT2D eigenvalue weighted by molar-refractivity contribution is 7.17. The molecule has 0 unspecified atom stereocenters.